The summed E-state index contributed by atoms with van der Waals surface area (Å²) in [6, 6.07) is 29.5. The van der Waals surface area contributed by atoms with E-state index in [0.29, 0.717) is 5.75 Å². The molecule has 1 heteroatoms. The number of para-hydroxylation sites is 1. The normalized spacial score (nSPS) is 8.80. The first kappa shape index (κ1) is 15.5. The van der Waals surface area contributed by atoms with Crippen molar-refractivity contribution in [1.82, 2.24) is 0 Å². The summed E-state index contributed by atoms with van der Waals surface area (Å²) in [5.41, 5.74) is 2.55. The predicted molar refractivity (Wildman–Crippen MR) is 86.7 cm³/mol. The molecule has 3 rings (SSSR count). The molecule has 0 aliphatic heterocycles. The van der Waals surface area contributed by atoms with Crippen molar-refractivity contribution >= 4 is 0 Å². The first-order valence-electron chi connectivity index (χ1n) is 6.21. The van der Waals surface area contributed by atoms with Gasteiger partial charge in [0.05, 0.1) is 0 Å². The van der Waals surface area contributed by atoms with E-state index >= 15 is 0 Å². The lowest BCUT2D eigenvalue weighted by molar-refractivity contribution is 0.475. The Labute approximate surface area is 121 Å². The molecule has 0 heterocycles. The van der Waals surface area contributed by atoms with E-state index in [1.807, 2.05) is 18.2 Å². The molecule has 1 N–H and O–H groups in total. The van der Waals surface area contributed by atoms with Crippen molar-refractivity contribution in [2.45, 2.75) is 7.43 Å². The fourth-order valence-corrected chi connectivity index (χ4v) is 1.69. The van der Waals surface area contributed by atoms with Crippen LogP contribution in [0.2, 0.25) is 0 Å². The number of hydrogen-bond acceptors (Lipinski definition) is 1. The van der Waals surface area contributed by atoms with Crippen molar-refractivity contribution in [2.75, 3.05) is 0 Å². The number of phenolic OH excluding ortho intramolecular Hbond substituents is 1. The van der Waals surface area contributed by atoms with Gasteiger partial charge in [0, 0.05) is 0 Å². The van der Waals surface area contributed by atoms with Gasteiger partial charge in [-0.25, -0.2) is 0 Å². The first-order chi connectivity index (χ1) is 9.36. The third-order valence-electron chi connectivity index (χ3n) is 2.64. The van der Waals surface area contributed by atoms with E-state index in [0.717, 1.165) is 0 Å². The molecule has 20 heavy (non-hydrogen) atoms. The van der Waals surface area contributed by atoms with Crippen LogP contribution in [0.5, 0.6) is 5.75 Å². The molecule has 3 aromatic carbocycles. The predicted octanol–water partition coefficient (Wildman–Crippen LogP) is 5.38. The number of rotatable bonds is 1. The van der Waals surface area contributed by atoms with Gasteiger partial charge in [-0.2, -0.15) is 0 Å². The summed E-state index contributed by atoms with van der Waals surface area (Å²) in [5, 5.41) is 8.63. The molecule has 102 valence electrons. The first-order valence-corrected chi connectivity index (χ1v) is 6.21. The molecule has 0 bridgehead atoms. The zero-order chi connectivity index (χ0) is 13.3. The Balaban J connectivity index is 0.000000216. The van der Waals surface area contributed by atoms with Crippen molar-refractivity contribution in [2.24, 2.45) is 0 Å². The molecule has 0 saturated carbocycles. The molecule has 0 amide bonds. The molecule has 0 unspecified atom stereocenters. The summed E-state index contributed by atoms with van der Waals surface area (Å²) in [6.45, 7) is 0. The molecule has 0 spiro atoms. The van der Waals surface area contributed by atoms with Crippen LogP contribution in [0.1, 0.15) is 7.43 Å². The van der Waals surface area contributed by atoms with Crippen LogP contribution in [0.15, 0.2) is 91.0 Å². The summed E-state index contributed by atoms with van der Waals surface area (Å²) >= 11 is 0. The van der Waals surface area contributed by atoms with Crippen LogP contribution in [-0.2, 0) is 0 Å². The SMILES string of the molecule is C.Oc1ccccc1.c1ccc(-c2ccccc2)cc1. The van der Waals surface area contributed by atoms with E-state index in [2.05, 4.69) is 48.5 Å². The Morgan fingerprint density at radius 3 is 1.00 bits per heavy atom. The molecule has 3 aromatic rings. The van der Waals surface area contributed by atoms with E-state index in [4.69, 9.17) is 5.11 Å². The van der Waals surface area contributed by atoms with Crippen LogP contribution in [0, 0.1) is 0 Å². The molecule has 0 aliphatic carbocycles. The zero-order valence-corrected chi connectivity index (χ0v) is 10.6. The number of benzene rings is 3. The minimum absolute atomic E-state index is 0. The topological polar surface area (TPSA) is 20.2 Å². The van der Waals surface area contributed by atoms with Gasteiger partial charge in [0.25, 0.3) is 0 Å². The van der Waals surface area contributed by atoms with Gasteiger partial charge < -0.3 is 5.11 Å². The highest BCUT2D eigenvalue weighted by Crippen LogP contribution is 2.17. The maximum Gasteiger partial charge on any atom is 0.115 e. The highest BCUT2D eigenvalue weighted by atomic mass is 16.3. The smallest absolute Gasteiger partial charge is 0.115 e. The fraction of sp³-hybridized carbons (Fsp3) is 0.0526. The highest BCUT2D eigenvalue weighted by molar-refractivity contribution is 5.62. The minimum atomic E-state index is 0. The highest BCUT2D eigenvalue weighted by Gasteiger charge is 1.91. The van der Waals surface area contributed by atoms with Crippen LogP contribution in [-0.4, -0.2) is 5.11 Å². The van der Waals surface area contributed by atoms with Gasteiger partial charge in [0.2, 0.25) is 0 Å². The standard InChI is InChI=1S/C12H10.C6H6O.CH4/c1-3-7-11(8-4-1)12-9-5-2-6-10-12;7-6-4-2-1-3-5-6;/h1-10H;1-5,7H;1H4. The Morgan fingerprint density at radius 2 is 0.750 bits per heavy atom. The monoisotopic (exact) mass is 264 g/mol. The van der Waals surface area contributed by atoms with Crippen LogP contribution >= 0.6 is 0 Å². The van der Waals surface area contributed by atoms with Crippen LogP contribution in [0.4, 0.5) is 0 Å². The van der Waals surface area contributed by atoms with Crippen molar-refractivity contribution < 1.29 is 5.11 Å². The van der Waals surface area contributed by atoms with Gasteiger partial charge in [-0.15, -0.1) is 0 Å². The van der Waals surface area contributed by atoms with E-state index in [9.17, 15) is 0 Å². The summed E-state index contributed by atoms with van der Waals surface area (Å²) in [7, 11) is 0. The van der Waals surface area contributed by atoms with Crippen molar-refractivity contribution in [3.8, 4) is 16.9 Å². The lowest BCUT2D eigenvalue weighted by Crippen LogP contribution is -1.73. The van der Waals surface area contributed by atoms with Crippen LogP contribution in [0.25, 0.3) is 11.1 Å². The third-order valence-corrected chi connectivity index (χ3v) is 2.64. The molecule has 0 saturated heterocycles. The van der Waals surface area contributed by atoms with Gasteiger partial charge in [-0.05, 0) is 23.3 Å². The lowest BCUT2D eigenvalue weighted by atomic mass is 10.1. The second-order valence-electron chi connectivity index (χ2n) is 4.07. The average Bonchev–Trinajstić information content (AvgIpc) is 2.51. The Hall–Kier alpha value is -2.54. The Morgan fingerprint density at radius 1 is 0.450 bits per heavy atom. The Kier molecular flexibility index (Phi) is 6.63. The third kappa shape index (κ3) is 4.99. The van der Waals surface area contributed by atoms with Gasteiger partial charge in [0.15, 0.2) is 0 Å². The summed E-state index contributed by atoms with van der Waals surface area (Å²) in [4.78, 5) is 0. The summed E-state index contributed by atoms with van der Waals surface area (Å²) < 4.78 is 0. The number of hydrogen-bond donors (Lipinski definition) is 1. The molecule has 0 atom stereocenters. The van der Waals surface area contributed by atoms with Gasteiger partial charge >= 0.3 is 0 Å². The number of aromatic hydroxyl groups is 1. The minimum Gasteiger partial charge on any atom is -0.508 e. The summed E-state index contributed by atoms with van der Waals surface area (Å²) in [6.07, 6.45) is 0. The maximum absolute atomic E-state index is 8.63. The van der Waals surface area contributed by atoms with E-state index < -0.39 is 0 Å². The fourth-order valence-electron chi connectivity index (χ4n) is 1.69. The molecule has 1 nitrogen and oxygen atoms in total. The second-order valence-corrected chi connectivity index (χ2v) is 4.07. The number of phenols is 1. The van der Waals surface area contributed by atoms with Crippen molar-refractivity contribution in [1.29, 1.82) is 0 Å². The largest absolute Gasteiger partial charge is 0.508 e. The molecule has 0 fully saturated rings. The van der Waals surface area contributed by atoms with Crippen molar-refractivity contribution in [3.63, 3.8) is 0 Å². The second kappa shape index (κ2) is 8.54. The van der Waals surface area contributed by atoms with Gasteiger partial charge in [-0.3, -0.25) is 0 Å². The maximum atomic E-state index is 8.63. The molecule has 0 radical (unpaired) electrons. The zero-order valence-electron chi connectivity index (χ0n) is 10.6. The van der Waals surface area contributed by atoms with Crippen molar-refractivity contribution in [3.05, 3.63) is 91.0 Å². The molecular formula is C19H20O. The van der Waals surface area contributed by atoms with E-state index in [1.54, 1.807) is 24.3 Å². The summed E-state index contributed by atoms with van der Waals surface area (Å²) in [5.74, 6) is 0.322. The van der Waals surface area contributed by atoms with Gasteiger partial charge in [0.1, 0.15) is 5.75 Å². The van der Waals surface area contributed by atoms with E-state index in [1.165, 1.54) is 11.1 Å². The van der Waals surface area contributed by atoms with E-state index in [-0.39, 0.29) is 7.43 Å². The molecule has 0 aliphatic rings. The van der Waals surface area contributed by atoms with Crippen LogP contribution in [0.3, 0.4) is 0 Å². The average molecular weight is 264 g/mol. The molecule has 0 aromatic heterocycles. The Bertz CT molecular complexity index is 536. The van der Waals surface area contributed by atoms with Crippen LogP contribution < -0.4 is 0 Å². The molecular weight excluding hydrogens is 244 g/mol. The quantitative estimate of drug-likeness (QED) is 0.625. The lowest BCUT2D eigenvalue weighted by Gasteiger charge is -1.98. The van der Waals surface area contributed by atoms with Gasteiger partial charge in [-0.1, -0.05) is 86.3 Å².